The van der Waals surface area contributed by atoms with Crippen LogP contribution in [-0.4, -0.2) is 24.7 Å². The molecule has 0 unspecified atom stereocenters. The van der Waals surface area contributed by atoms with E-state index in [1.165, 1.54) is 0 Å². The van der Waals surface area contributed by atoms with Gasteiger partial charge in [-0.25, -0.2) is 13.1 Å². The molecule has 0 spiro atoms. The van der Waals surface area contributed by atoms with Crippen LogP contribution in [0, 0.1) is 0 Å². The summed E-state index contributed by atoms with van der Waals surface area (Å²) in [6.45, 7) is 4.00. The minimum atomic E-state index is -3.30. The van der Waals surface area contributed by atoms with Crippen LogP contribution in [0.25, 0.3) is 0 Å². The van der Waals surface area contributed by atoms with Crippen LogP contribution < -0.4 is 4.72 Å². The van der Waals surface area contributed by atoms with Crippen LogP contribution in [-0.2, 0) is 16.6 Å². The summed E-state index contributed by atoms with van der Waals surface area (Å²) >= 11 is 0. The van der Waals surface area contributed by atoms with Crippen LogP contribution in [0.3, 0.4) is 0 Å². The number of aromatic nitrogens is 2. The number of hydrogen-bond acceptors (Lipinski definition) is 3. The lowest BCUT2D eigenvalue weighted by Crippen LogP contribution is -2.25. The zero-order valence-corrected chi connectivity index (χ0v) is 7.87. The van der Waals surface area contributed by atoms with Crippen molar-refractivity contribution in [3.05, 3.63) is 30.4 Å². The lowest BCUT2D eigenvalue weighted by molar-refractivity contribution is 0.568. The van der Waals surface area contributed by atoms with E-state index in [4.69, 9.17) is 0 Å². The summed E-state index contributed by atoms with van der Waals surface area (Å²) in [7, 11) is -3.30. The van der Waals surface area contributed by atoms with Gasteiger partial charge in [-0.15, -0.1) is 0 Å². The molecule has 0 aliphatic heterocycles. The van der Waals surface area contributed by atoms with E-state index in [0.29, 0.717) is 13.1 Å². The van der Waals surface area contributed by atoms with Crippen LogP contribution in [0.15, 0.2) is 30.4 Å². The van der Waals surface area contributed by atoms with E-state index < -0.39 is 10.0 Å². The molecule has 6 heteroatoms. The summed E-state index contributed by atoms with van der Waals surface area (Å²) in [5.74, 6) is 0. The van der Waals surface area contributed by atoms with Crippen molar-refractivity contribution in [2.45, 2.75) is 6.54 Å². The zero-order chi connectivity index (χ0) is 9.73. The van der Waals surface area contributed by atoms with Gasteiger partial charge < -0.3 is 0 Å². The Hall–Kier alpha value is -1.14. The Morgan fingerprint density at radius 3 is 2.92 bits per heavy atom. The number of sulfonamides is 1. The minimum absolute atomic E-state index is 0.316. The number of nitrogens with one attached hydrogen (secondary N) is 1. The Bertz CT molecular complexity index is 355. The van der Waals surface area contributed by atoms with Crippen molar-refractivity contribution in [3.8, 4) is 0 Å². The van der Waals surface area contributed by atoms with E-state index >= 15 is 0 Å². The minimum Gasteiger partial charge on any atom is -0.271 e. The van der Waals surface area contributed by atoms with E-state index in [1.807, 2.05) is 0 Å². The van der Waals surface area contributed by atoms with Gasteiger partial charge in [0.2, 0.25) is 10.0 Å². The molecule has 0 bridgehead atoms. The van der Waals surface area contributed by atoms with Crippen LogP contribution in [0.4, 0.5) is 0 Å². The third-order valence-electron chi connectivity index (χ3n) is 1.42. The molecule has 0 atom stereocenters. The van der Waals surface area contributed by atoms with Gasteiger partial charge in [-0.1, -0.05) is 6.58 Å². The monoisotopic (exact) mass is 201 g/mol. The largest absolute Gasteiger partial charge is 0.271 e. The summed E-state index contributed by atoms with van der Waals surface area (Å²) in [6, 6.07) is 1.78. The van der Waals surface area contributed by atoms with Crippen molar-refractivity contribution in [1.29, 1.82) is 0 Å². The second-order valence-corrected chi connectivity index (χ2v) is 4.09. The molecule has 0 saturated carbocycles. The first-order valence-corrected chi connectivity index (χ1v) is 5.28. The number of nitrogens with zero attached hydrogens (tertiary/aromatic N) is 2. The van der Waals surface area contributed by atoms with Gasteiger partial charge in [0.05, 0.1) is 6.54 Å². The molecule has 1 aromatic rings. The van der Waals surface area contributed by atoms with Gasteiger partial charge in [0, 0.05) is 24.3 Å². The predicted molar refractivity (Wildman–Crippen MR) is 49.3 cm³/mol. The van der Waals surface area contributed by atoms with Crippen LogP contribution in [0.1, 0.15) is 0 Å². The Kier molecular flexibility index (Phi) is 3.21. The average molecular weight is 201 g/mol. The molecule has 0 aromatic carbocycles. The van der Waals surface area contributed by atoms with Gasteiger partial charge >= 0.3 is 0 Å². The van der Waals surface area contributed by atoms with Crippen molar-refractivity contribution in [1.82, 2.24) is 14.5 Å². The van der Waals surface area contributed by atoms with Crippen LogP contribution in [0.2, 0.25) is 0 Å². The first-order chi connectivity index (χ1) is 6.14. The predicted octanol–water partition coefficient (Wildman–Crippen LogP) is -0.0540. The molecule has 72 valence electrons. The third-order valence-corrected chi connectivity index (χ3v) is 2.47. The summed E-state index contributed by atoms with van der Waals surface area (Å²) in [5.41, 5.74) is 0. The summed E-state index contributed by atoms with van der Waals surface area (Å²) < 4.78 is 25.7. The van der Waals surface area contributed by atoms with Crippen molar-refractivity contribution >= 4 is 10.0 Å². The Balaban J connectivity index is 2.34. The molecule has 1 heterocycles. The summed E-state index contributed by atoms with van der Waals surface area (Å²) in [5, 5.41) is 4.80. The first kappa shape index (κ1) is 9.94. The fourth-order valence-corrected chi connectivity index (χ4v) is 1.29. The van der Waals surface area contributed by atoms with Gasteiger partial charge in [0.1, 0.15) is 0 Å². The SMILES string of the molecule is C=CS(=O)(=O)NCCn1cccn1. The smallest absolute Gasteiger partial charge is 0.233 e. The fraction of sp³-hybridized carbons (Fsp3) is 0.286. The van der Waals surface area contributed by atoms with Crippen LogP contribution in [0.5, 0.6) is 0 Å². The molecule has 0 fully saturated rings. The van der Waals surface area contributed by atoms with E-state index in [1.54, 1.807) is 23.1 Å². The molecule has 1 N–H and O–H groups in total. The third kappa shape index (κ3) is 3.39. The molecule has 5 nitrogen and oxygen atoms in total. The Labute approximate surface area is 77.1 Å². The average Bonchev–Trinajstić information content (AvgIpc) is 2.57. The fourth-order valence-electron chi connectivity index (χ4n) is 0.794. The first-order valence-electron chi connectivity index (χ1n) is 3.73. The number of rotatable bonds is 5. The molecular formula is C7H11N3O2S. The normalized spacial score (nSPS) is 11.4. The molecule has 0 saturated heterocycles. The van der Waals surface area contributed by atoms with Crippen LogP contribution >= 0.6 is 0 Å². The second kappa shape index (κ2) is 4.20. The van der Waals surface area contributed by atoms with Gasteiger partial charge in [0.25, 0.3) is 0 Å². The maximum atomic E-state index is 10.9. The van der Waals surface area contributed by atoms with Gasteiger partial charge in [-0.2, -0.15) is 5.10 Å². The quantitative estimate of drug-likeness (QED) is 0.726. The van der Waals surface area contributed by atoms with Gasteiger partial charge in [0.15, 0.2) is 0 Å². The second-order valence-electron chi connectivity index (χ2n) is 2.38. The van der Waals surface area contributed by atoms with Crippen molar-refractivity contribution in [2.75, 3.05) is 6.54 Å². The van der Waals surface area contributed by atoms with Crippen molar-refractivity contribution in [2.24, 2.45) is 0 Å². The number of hydrogen-bond donors (Lipinski definition) is 1. The summed E-state index contributed by atoms with van der Waals surface area (Å²) in [4.78, 5) is 0. The molecule has 1 aromatic heterocycles. The van der Waals surface area contributed by atoms with Crippen molar-refractivity contribution < 1.29 is 8.42 Å². The molecule has 0 radical (unpaired) electrons. The highest BCUT2D eigenvalue weighted by molar-refractivity contribution is 7.92. The standard InChI is InChI=1S/C7H11N3O2S/c1-2-13(11,12)9-5-7-10-6-3-4-8-10/h2-4,6,9H,1,5,7H2. The van der Waals surface area contributed by atoms with Gasteiger partial charge in [-0.3, -0.25) is 4.68 Å². The maximum Gasteiger partial charge on any atom is 0.233 e. The molecule has 0 amide bonds. The molecule has 13 heavy (non-hydrogen) atoms. The highest BCUT2D eigenvalue weighted by Gasteiger charge is 2.01. The highest BCUT2D eigenvalue weighted by Crippen LogP contribution is 1.86. The van der Waals surface area contributed by atoms with Crippen molar-refractivity contribution in [3.63, 3.8) is 0 Å². The van der Waals surface area contributed by atoms with E-state index in [2.05, 4.69) is 16.4 Å². The highest BCUT2D eigenvalue weighted by atomic mass is 32.2. The maximum absolute atomic E-state index is 10.9. The molecule has 0 aliphatic carbocycles. The topological polar surface area (TPSA) is 64.0 Å². The molecular weight excluding hydrogens is 190 g/mol. The van der Waals surface area contributed by atoms with E-state index in [9.17, 15) is 8.42 Å². The zero-order valence-electron chi connectivity index (χ0n) is 7.05. The van der Waals surface area contributed by atoms with Gasteiger partial charge in [-0.05, 0) is 6.07 Å². The lowest BCUT2D eigenvalue weighted by Gasteiger charge is -2.02. The molecule has 0 aliphatic rings. The van der Waals surface area contributed by atoms with E-state index in [-0.39, 0.29) is 0 Å². The Morgan fingerprint density at radius 2 is 2.38 bits per heavy atom. The Morgan fingerprint density at radius 1 is 1.62 bits per heavy atom. The van der Waals surface area contributed by atoms with E-state index in [0.717, 1.165) is 5.41 Å². The lowest BCUT2D eigenvalue weighted by atomic mass is 10.6. The summed E-state index contributed by atoms with van der Waals surface area (Å²) in [6.07, 6.45) is 3.41. The molecule has 1 rings (SSSR count).